The molecule has 80 valence electrons. The number of hydrogen-bond acceptors (Lipinski definition) is 3. The van der Waals surface area contributed by atoms with Crippen LogP contribution in [0.25, 0.3) is 0 Å². The molecule has 0 aromatic heterocycles. The van der Waals surface area contributed by atoms with E-state index < -0.39 is 0 Å². The first-order valence-corrected chi connectivity index (χ1v) is 5.30. The van der Waals surface area contributed by atoms with Crippen molar-refractivity contribution in [2.75, 3.05) is 0 Å². The number of hydrogen-bond donors (Lipinski definition) is 0. The highest BCUT2D eigenvalue weighted by molar-refractivity contribution is 6.63. The Bertz CT molecular complexity index is 240. The summed E-state index contributed by atoms with van der Waals surface area (Å²) in [5, 5.41) is -0.315. The second kappa shape index (κ2) is 4.78. The Hall–Kier alpha value is -0.570. The summed E-state index contributed by atoms with van der Waals surface area (Å²) in [6.45, 7) is 3.73. The quantitative estimate of drug-likeness (QED) is 0.525. The molecule has 0 aliphatic heterocycles. The maximum atomic E-state index is 10.9. The van der Waals surface area contributed by atoms with E-state index in [1.165, 1.54) is 0 Å². The lowest BCUT2D eigenvalue weighted by Gasteiger charge is -2.07. The summed E-state index contributed by atoms with van der Waals surface area (Å²) >= 11 is 5.28. The summed E-state index contributed by atoms with van der Waals surface area (Å²) < 4.78 is 5.13. The minimum absolute atomic E-state index is 0.0217. The molecule has 0 heterocycles. The van der Waals surface area contributed by atoms with Crippen molar-refractivity contribution in [1.29, 1.82) is 0 Å². The van der Waals surface area contributed by atoms with Gasteiger partial charge in [0.2, 0.25) is 5.24 Å². The van der Waals surface area contributed by atoms with Crippen LogP contribution in [0, 0.1) is 11.8 Å². The van der Waals surface area contributed by atoms with E-state index in [2.05, 4.69) is 0 Å². The maximum Gasteiger partial charge on any atom is 0.305 e. The van der Waals surface area contributed by atoms with Gasteiger partial charge in [0, 0.05) is 18.8 Å². The number of carbonyl (C=O) groups excluding carboxylic acids is 2. The van der Waals surface area contributed by atoms with E-state index >= 15 is 0 Å². The van der Waals surface area contributed by atoms with Crippen LogP contribution in [-0.4, -0.2) is 17.3 Å². The predicted octanol–water partition coefficient (Wildman–Crippen LogP) is 2.12. The van der Waals surface area contributed by atoms with Crippen molar-refractivity contribution in [2.24, 2.45) is 11.8 Å². The van der Waals surface area contributed by atoms with Gasteiger partial charge in [-0.25, -0.2) is 0 Å². The molecule has 3 nitrogen and oxygen atoms in total. The SMILES string of the molecule is CCC(=O)OC1C[C@H]1C(C)CC(=O)Cl. The van der Waals surface area contributed by atoms with E-state index in [0.29, 0.717) is 18.8 Å². The molecule has 0 amide bonds. The number of rotatable bonds is 5. The predicted molar refractivity (Wildman–Crippen MR) is 52.9 cm³/mol. The molecule has 0 spiro atoms. The molecule has 4 heteroatoms. The van der Waals surface area contributed by atoms with Gasteiger partial charge >= 0.3 is 5.97 Å². The monoisotopic (exact) mass is 218 g/mol. The summed E-state index contributed by atoms with van der Waals surface area (Å²) in [4.78, 5) is 21.6. The maximum absolute atomic E-state index is 10.9. The summed E-state index contributed by atoms with van der Waals surface area (Å²) in [6, 6.07) is 0. The fraction of sp³-hybridized carbons (Fsp3) is 0.800. The van der Waals surface area contributed by atoms with Crippen LogP contribution in [0.15, 0.2) is 0 Å². The molecule has 0 radical (unpaired) electrons. The highest BCUT2D eigenvalue weighted by atomic mass is 35.5. The van der Waals surface area contributed by atoms with Crippen molar-refractivity contribution in [3.8, 4) is 0 Å². The molecular weight excluding hydrogens is 204 g/mol. The van der Waals surface area contributed by atoms with Gasteiger partial charge in [-0.15, -0.1) is 0 Å². The Morgan fingerprint density at radius 2 is 2.21 bits per heavy atom. The average molecular weight is 219 g/mol. The molecule has 0 N–H and O–H groups in total. The second-order valence-corrected chi connectivity index (χ2v) is 4.24. The molecule has 1 aliphatic carbocycles. The molecule has 2 unspecified atom stereocenters. The van der Waals surface area contributed by atoms with Gasteiger partial charge in [-0.05, 0) is 23.9 Å². The largest absolute Gasteiger partial charge is 0.462 e. The Labute approximate surface area is 88.8 Å². The Balaban J connectivity index is 2.24. The number of carbonyl (C=O) groups is 2. The summed E-state index contributed by atoms with van der Waals surface area (Å²) in [7, 11) is 0. The van der Waals surface area contributed by atoms with Gasteiger partial charge in [0.1, 0.15) is 6.10 Å². The Morgan fingerprint density at radius 1 is 1.57 bits per heavy atom. The molecule has 1 aliphatic rings. The fourth-order valence-electron chi connectivity index (χ4n) is 1.58. The standard InChI is InChI=1S/C10H15ClO3/c1-3-10(13)14-8-5-7(8)6(2)4-9(11)12/h6-8H,3-5H2,1-2H3/t6?,7-,8?/m0/s1. The number of esters is 1. The lowest BCUT2D eigenvalue weighted by atomic mass is 10.0. The van der Waals surface area contributed by atoms with Crippen molar-refractivity contribution in [2.45, 2.75) is 39.2 Å². The third-order valence-corrected chi connectivity index (χ3v) is 2.72. The zero-order valence-corrected chi connectivity index (χ0v) is 9.21. The van der Waals surface area contributed by atoms with Gasteiger partial charge in [0.15, 0.2) is 0 Å². The highest BCUT2D eigenvalue weighted by Gasteiger charge is 2.44. The van der Waals surface area contributed by atoms with Crippen molar-refractivity contribution in [1.82, 2.24) is 0 Å². The van der Waals surface area contributed by atoms with E-state index in [0.717, 1.165) is 6.42 Å². The molecule has 0 aromatic rings. The molecule has 0 saturated heterocycles. The molecule has 0 bridgehead atoms. The van der Waals surface area contributed by atoms with Crippen LogP contribution in [-0.2, 0) is 14.3 Å². The van der Waals surface area contributed by atoms with Gasteiger partial charge in [0.05, 0.1) is 0 Å². The van der Waals surface area contributed by atoms with Gasteiger partial charge < -0.3 is 4.74 Å². The Morgan fingerprint density at radius 3 is 2.71 bits per heavy atom. The minimum atomic E-state index is -0.315. The van der Waals surface area contributed by atoms with Gasteiger partial charge in [-0.1, -0.05) is 13.8 Å². The van der Waals surface area contributed by atoms with Gasteiger partial charge in [0.25, 0.3) is 0 Å². The van der Waals surface area contributed by atoms with Crippen molar-refractivity contribution < 1.29 is 14.3 Å². The fourth-order valence-corrected chi connectivity index (χ4v) is 1.82. The highest BCUT2D eigenvalue weighted by Crippen LogP contribution is 2.41. The molecule has 1 fully saturated rings. The summed E-state index contributed by atoms with van der Waals surface area (Å²) in [5.41, 5.74) is 0. The molecule has 1 saturated carbocycles. The van der Waals surface area contributed by atoms with Gasteiger partial charge in [-0.3, -0.25) is 9.59 Å². The van der Waals surface area contributed by atoms with Crippen molar-refractivity contribution >= 4 is 22.8 Å². The first-order chi connectivity index (χ1) is 6.54. The van der Waals surface area contributed by atoms with Gasteiger partial charge in [-0.2, -0.15) is 0 Å². The van der Waals surface area contributed by atoms with Crippen molar-refractivity contribution in [3.05, 3.63) is 0 Å². The summed E-state index contributed by atoms with van der Waals surface area (Å²) in [6.07, 6.45) is 1.67. The second-order valence-electron chi connectivity index (χ2n) is 3.82. The Kier molecular flexibility index (Phi) is 3.93. The van der Waals surface area contributed by atoms with Crippen molar-refractivity contribution in [3.63, 3.8) is 0 Å². The number of ether oxygens (including phenoxy) is 1. The van der Waals surface area contributed by atoms with Crippen LogP contribution in [0.2, 0.25) is 0 Å². The topological polar surface area (TPSA) is 43.4 Å². The van der Waals surface area contributed by atoms with E-state index in [4.69, 9.17) is 16.3 Å². The number of halogens is 1. The molecule has 14 heavy (non-hydrogen) atoms. The third-order valence-electron chi connectivity index (χ3n) is 2.56. The first-order valence-electron chi connectivity index (χ1n) is 4.92. The smallest absolute Gasteiger partial charge is 0.305 e. The minimum Gasteiger partial charge on any atom is -0.462 e. The molecule has 1 rings (SSSR count). The van der Waals surface area contributed by atoms with Crippen LogP contribution in [0.4, 0.5) is 0 Å². The summed E-state index contributed by atoms with van der Waals surface area (Å²) in [5.74, 6) is 0.379. The first kappa shape index (κ1) is 11.5. The zero-order valence-electron chi connectivity index (χ0n) is 8.46. The molecular formula is C10H15ClO3. The van der Waals surface area contributed by atoms with E-state index in [-0.39, 0.29) is 23.2 Å². The van der Waals surface area contributed by atoms with E-state index in [1.54, 1.807) is 6.92 Å². The third kappa shape index (κ3) is 3.29. The van der Waals surface area contributed by atoms with E-state index in [9.17, 15) is 9.59 Å². The van der Waals surface area contributed by atoms with E-state index in [1.807, 2.05) is 6.92 Å². The molecule has 0 aromatic carbocycles. The molecule has 3 atom stereocenters. The lowest BCUT2D eigenvalue weighted by Crippen LogP contribution is -2.10. The van der Waals surface area contributed by atoms with Crippen LogP contribution in [0.3, 0.4) is 0 Å². The van der Waals surface area contributed by atoms with Crippen LogP contribution < -0.4 is 0 Å². The van der Waals surface area contributed by atoms with Crippen LogP contribution in [0.5, 0.6) is 0 Å². The normalized spacial score (nSPS) is 26.8. The zero-order chi connectivity index (χ0) is 10.7. The van der Waals surface area contributed by atoms with Crippen LogP contribution in [0.1, 0.15) is 33.1 Å². The lowest BCUT2D eigenvalue weighted by molar-refractivity contribution is -0.145. The average Bonchev–Trinajstić information content (AvgIpc) is 2.82. The van der Waals surface area contributed by atoms with Crippen LogP contribution >= 0.6 is 11.6 Å².